The van der Waals surface area contributed by atoms with Crippen molar-refractivity contribution in [1.29, 1.82) is 0 Å². The molecule has 1 saturated carbocycles. The molecule has 1 aliphatic carbocycles. The van der Waals surface area contributed by atoms with E-state index in [0.717, 1.165) is 18.0 Å². The van der Waals surface area contributed by atoms with Crippen LogP contribution >= 0.6 is 11.6 Å². The first kappa shape index (κ1) is 13.4. The smallest absolute Gasteiger partial charge is 0.238 e. The second-order valence-electron chi connectivity index (χ2n) is 5.14. The van der Waals surface area contributed by atoms with Crippen LogP contribution in [0.15, 0.2) is 12.4 Å². The number of carbonyl (C=O) groups is 1. The molecular formula is C13H20ClN3O. The van der Waals surface area contributed by atoms with Crippen LogP contribution in [-0.2, 0) is 11.3 Å². The maximum Gasteiger partial charge on any atom is 0.238 e. The Hall–Kier alpha value is -1.03. The normalized spacial score (nSPS) is 19.1. The van der Waals surface area contributed by atoms with E-state index in [4.69, 9.17) is 11.6 Å². The second kappa shape index (κ2) is 5.74. The van der Waals surface area contributed by atoms with Gasteiger partial charge in [-0.1, -0.05) is 6.42 Å². The average Bonchev–Trinajstić information content (AvgIpc) is 2.71. The van der Waals surface area contributed by atoms with Gasteiger partial charge in [-0.25, -0.2) is 0 Å². The van der Waals surface area contributed by atoms with Gasteiger partial charge in [0.05, 0.1) is 12.2 Å². The zero-order valence-corrected chi connectivity index (χ0v) is 11.7. The molecule has 4 nitrogen and oxygen atoms in total. The van der Waals surface area contributed by atoms with E-state index >= 15 is 0 Å². The first-order valence-corrected chi connectivity index (χ1v) is 6.96. The first-order valence-electron chi connectivity index (χ1n) is 6.53. The second-order valence-corrected chi connectivity index (χ2v) is 5.79. The standard InChI is InChI=1S/C13H20ClN3O/c1-9(14)13(18)16-10(2)12-6-15-17(8-12)7-11-4-3-5-11/h6,8-11H,3-5,7H2,1-2H3,(H,16,18). The fraction of sp³-hybridized carbons (Fsp3) is 0.692. The Morgan fingerprint density at radius 3 is 2.89 bits per heavy atom. The Bertz CT molecular complexity index is 412. The maximum absolute atomic E-state index is 11.5. The molecule has 5 heteroatoms. The van der Waals surface area contributed by atoms with Crippen LogP contribution in [0.25, 0.3) is 0 Å². The third-order valence-electron chi connectivity index (χ3n) is 3.54. The number of aromatic nitrogens is 2. The van der Waals surface area contributed by atoms with Gasteiger partial charge in [0.1, 0.15) is 5.38 Å². The Morgan fingerprint density at radius 1 is 1.61 bits per heavy atom. The van der Waals surface area contributed by atoms with Gasteiger partial charge in [-0.15, -0.1) is 11.6 Å². The molecular weight excluding hydrogens is 250 g/mol. The summed E-state index contributed by atoms with van der Waals surface area (Å²) in [7, 11) is 0. The third kappa shape index (κ3) is 3.25. The number of rotatable bonds is 5. The fourth-order valence-electron chi connectivity index (χ4n) is 2.05. The molecule has 1 amide bonds. The molecule has 1 heterocycles. The molecule has 0 spiro atoms. The van der Waals surface area contributed by atoms with Crippen molar-refractivity contribution in [3.05, 3.63) is 18.0 Å². The molecule has 100 valence electrons. The van der Waals surface area contributed by atoms with Crippen LogP contribution in [0.1, 0.15) is 44.7 Å². The fourth-order valence-corrected chi connectivity index (χ4v) is 2.12. The highest BCUT2D eigenvalue weighted by molar-refractivity contribution is 6.30. The van der Waals surface area contributed by atoms with Crippen LogP contribution in [0.4, 0.5) is 0 Å². The predicted octanol–water partition coefficient (Wildman–Crippen LogP) is 2.49. The molecule has 2 unspecified atom stereocenters. The van der Waals surface area contributed by atoms with Gasteiger partial charge < -0.3 is 5.32 Å². The predicted molar refractivity (Wildman–Crippen MR) is 71.4 cm³/mol. The number of amides is 1. The highest BCUT2D eigenvalue weighted by atomic mass is 35.5. The minimum absolute atomic E-state index is 0.0474. The topological polar surface area (TPSA) is 46.9 Å². The molecule has 0 aliphatic heterocycles. The zero-order chi connectivity index (χ0) is 13.1. The van der Waals surface area contributed by atoms with Gasteiger partial charge in [-0.2, -0.15) is 5.10 Å². The third-order valence-corrected chi connectivity index (χ3v) is 3.74. The van der Waals surface area contributed by atoms with E-state index < -0.39 is 5.38 Å². The van der Waals surface area contributed by atoms with E-state index in [1.165, 1.54) is 19.3 Å². The summed E-state index contributed by atoms with van der Waals surface area (Å²) in [6, 6.07) is -0.0474. The summed E-state index contributed by atoms with van der Waals surface area (Å²) >= 11 is 5.73. The van der Waals surface area contributed by atoms with Gasteiger partial charge in [0.2, 0.25) is 5.91 Å². The van der Waals surface area contributed by atoms with E-state index in [-0.39, 0.29) is 11.9 Å². The van der Waals surface area contributed by atoms with Gasteiger partial charge in [0, 0.05) is 18.3 Å². The summed E-state index contributed by atoms with van der Waals surface area (Å²) in [4.78, 5) is 11.5. The van der Waals surface area contributed by atoms with E-state index in [9.17, 15) is 4.79 Å². The summed E-state index contributed by atoms with van der Waals surface area (Å²) < 4.78 is 1.98. The van der Waals surface area contributed by atoms with Crippen molar-refractivity contribution >= 4 is 17.5 Å². The lowest BCUT2D eigenvalue weighted by Crippen LogP contribution is -2.31. The highest BCUT2D eigenvalue weighted by Gasteiger charge is 2.19. The maximum atomic E-state index is 11.5. The molecule has 1 aliphatic rings. The number of halogens is 1. The van der Waals surface area contributed by atoms with Gasteiger partial charge in [-0.3, -0.25) is 9.48 Å². The van der Waals surface area contributed by atoms with Crippen molar-refractivity contribution < 1.29 is 4.79 Å². The lowest BCUT2D eigenvalue weighted by Gasteiger charge is -2.24. The minimum atomic E-state index is -0.502. The monoisotopic (exact) mass is 269 g/mol. The highest BCUT2D eigenvalue weighted by Crippen LogP contribution is 2.27. The Balaban J connectivity index is 1.89. The molecule has 2 rings (SSSR count). The van der Waals surface area contributed by atoms with E-state index in [1.807, 2.05) is 24.0 Å². The SMILES string of the molecule is CC(Cl)C(=O)NC(C)c1cnn(CC2CCC2)c1. The number of hydrogen-bond donors (Lipinski definition) is 1. The number of nitrogens with zero attached hydrogens (tertiary/aromatic N) is 2. The quantitative estimate of drug-likeness (QED) is 0.835. The van der Waals surface area contributed by atoms with Crippen molar-refractivity contribution in [2.45, 2.75) is 51.1 Å². The number of carbonyl (C=O) groups excluding carboxylic acids is 1. The lowest BCUT2D eigenvalue weighted by atomic mass is 9.85. The van der Waals surface area contributed by atoms with Crippen LogP contribution in [0, 0.1) is 5.92 Å². The van der Waals surface area contributed by atoms with E-state index in [1.54, 1.807) is 6.92 Å². The molecule has 0 radical (unpaired) electrons. The van der Waals surface area contributed by atoms with Crippen molar-refractivity contribution in [2.24, 2.45) is 5.92 Å². The van der Waals surface area contributed by atoms with Gasteiger partial charge in [0.25, 0.3) is 0 Å². The van der Waals surface area contributed by atoms with Crippen LogP contribution < -0.4 is 5.32 Å². The molecule has 0 aromatic carbocycles. The molecule has 1 N–H and O–H groups in total. The number of nitrogens with one attached hydrogen (secondary N) is 1. The van der Waals surface area contributed by atoms with E-state index in [2.05, 4.69) is 10.4 Å². The molecule has 0 bridgehead atoms. The summed E-state index contributed by atoms with van der Waals surface area (Å²) in [6.07, 6.45) is 7.81. The van der Waals surface area contributed by atoms with Crippen LogP contribution in [0.3, 0.4) is 0 Å². The summed E-state index contributed by atoms with van der Waals surface area (Å²) in [6.45, 7) is 4.61. The molecule has 1 aromatic heterocycles. The van der Waals surface area contributed by atoms with Gasteiger partial charge in [0.15, 0.2) is 0 Å². The van der Waals surface area contributed by atoms with Gasteiger partial charge in [-0.05, 0) is 32.6 Å². The van der Waals surface area contributed by atoms with Crippen molar-refractivity contribution in [3.63, 3.8) is 0 Å². The summed E-state index contributed by atoms with van der Waals surface area (Å²) in [5.41, 5.74) is 1.03. The first-order chi connectivity index (χ1) is 8.56. The number of alkyl halides is 1. The average molecular weight is 270 g/mol. The van der Waals surface area contributed by atoms with Crippen molar-refractivity contribution in [1.82, 2.24) is 15.1 Å². The van der Waals surface area contributed by atoms with Crippen LogP contribution in [0.2, 0.25) is 0 Å². The van der Waals surface area contributed by atoms with Gasteiger partial charge >= 0.3 is 0 Å². The molecule has 0 saturated heterocycles. The molecule has 1 aromatic rings. The minimum Gasteiger partial charge on any atom is -0.348 e. The number of hydrogen-bond acceptors (Lipinski definition) is 2. The summed E-state index contributed by atoms with van der Waals surface area (Å²) in [5, 5.41) is 6.71. The van der Waals surface area contributed by atoms with Crippen LogP contribution in [-0.4, -0.2) is 21.1 Å². The Morgan fingerprint density at radius 2 is 2.33 bits per heavy atom. The Labute approximate surface area is 113 Å². The van der Waals surface area contributed by atoms with E-state index in [0.29, 0.717) is 0 Å². The zero-order valence-electron chi connectivity index (χ0n) is 10.9. The molecule has 1 fully saturated rings. The Kier molecular flexibility index (Phi) is 4.27. The lowest BCUT2D eigenvalue weighted by molar-refractivity contribution is -0.121. The van der Waals surface area contributed by atoms with Crippen LogP contribution in [0.5, 0.6) is 0 Å². The molecule has 18 heavy (non-hydrogen) atoms. The largest absolute Gasteiger partial charge is 0.348 e. The van der Waals surface area contributed by atoms with Crippen molar-refractivity contribution in [3.8, 4) is 0 Å². The van der Waals surface area contributed by atoms with Crippen molar-refractivity contribution in [2.75, 3.05) is 0 Å². The molecule has 2 atom stereocenters. The summed E-state index contributed by atoms with van der Waals surface area (Å²) in [5.74, 6) is 0.640.